The van der Waals surface area contributed by atoms with Gasteiger partial charge in [0, 0.05) is 5.56 Å². The summed E-state index contributed by atoms with van der Waals surface area (Å²) in [6, 6.07) is 10.5. The molecular formula is C16H16ClF2N2O+. The zero-order valence-corrected chi connectivity index (χ0v) is 12.7. The minimum Gasteiger partial charge on any atom is -0.333 e. The fourth-order valence-corrected chi connectivity index (χ4v) is 2.16. The number of rotatable bonds is 5. The number of hydrogen-bond donors (Lipinski definition) is 2. The van der Waals surface area contributed by atoms with Crippen LogP contribution in [0.4, 0.5) is 14.5 Å². The first-order valence-electron chi connectivity index (χ1n) is 6.80. The lowest BCUT2D eigenvalue weighted by Crippen LogP contribution is -2.86. The van der Waals surface area contributed by atoms with Gasteiger partial charge in [0.1, 0.15) is 6.04 Å². The molecule has 3 N–H and O–H groups in total. The van der Waals surface area contributed by atoms with E-state index in [1.807, 2.05) is 6.92 Å². The molecule has 1 amide bonds. The fraction of sp³-hybridized carbons (Fsp3) is 0.188. The van der Waals surface area contributed by atoms with Crippen molar-refractivity contribution in [3.05, 3.63) is 64.7 Å². The molecule has 0 unspecified atom stereocenters. The van der Waals surface area contributed by atoms with Crippen molar-refractivity contribution in [2.75, 3.05) is 11.9 Å². The van der Waals surface area contributed by atoms with Gasteiger partial charge in [-0.05, 0) is 37.3 Å². The zero-order valence-electron chi connectivity index (χ0n) is 11.9. The third-order valence-corrected chi connectivity index (χ3v) is 3.60. The zero-order chi connectivity index (χ0) is 16.1. The molecule has 0 radical (unpaired) electrons. The molecule has 3 nitrogen and oxygen atoms in total. The number of quaternary nitrogens is 1. The van der Waals surface area contributed by atoms with Gasteiger partial charge in [0.2, 0.25) is 0 Å². The fourth-order valence-electron chi connectivity index (χ4n) is 1.98. The Morgan fingerprint density at radius 3 is 2.64 bits per heavy atom. The summed E-state index contributed by atoms with van der Waals surface area (Å²) in [7, 11) is 0. The molecular weight excluding hydrogens is 310 g/mol. The van der Waals surface area contributed by atoms with Crippen LogP contribution in [-0.4, -0.2) is 12.5 Å². The van der Waals surface area contributed by atoms with E-state index in [1.165, 1.54) is 6.07 Å². The summed E-state index contributed by atoms with van der Waals surface area (Å²) in [5, 5.41) is 4.90. The molecule has 0 bridgehead atoms. The normalized spacial score (nSPS) is 12.0. The molecule has 2 rings (SSSR count). The molecule has 2 aromatic carbocycles. The Labute approximate surface area is 132 Å². The highest BCUT2D eigenvalue weighted by Crippen LogP contribution is 2.20. The van der Waals surface area contributed by atoms with Crippen LogP contribution in [0.3, 0.4) is 0 Å². The van der Waals surface area contributed by atoms with Crippen molar-refractivity contribution >= 4 is 23.2 Å². The third kappa shape index (κ3) is 4.26. The van der Waals surface area contributed by atoms with Crippen molar-refractivity contribution in [2.24, 2.45) is 0 Å². The number of para-hydroxylation sites is 1. The molecule has 0 aromatic heterocycles. The van der Waals surface area contributed by atoms with Crippen LogP contribution in [0, 0.1) is 11.6 Å². The number of nitrogens with two attached hydrogens (primary N) is 1. The van der Waals surface area contributed by atoms with Gasteiger partial charge < -0.3 is 10.6 Å². The van der Waals surface area contributed by atoms with Crippen LogP contribution in [0.1, 0.15) is 18.5 Å². The molecule has 0 saturated carbocycles. The second-order valence-electron chi connectivity index (χ2n) is 4.93. The lowest BCUT2D eigenvalue weighted by atomic mass is 10.1. The van der Waals surface area contributed by atoms with Crippen molar-refractivity contribution in [3.8, 4) is 0 Å². The van der Waals surface area contributed by atoms with Crippen molar-refractivity contribution < 1.29 is 18.9 Å². The van der Waals surface area contributed by atoms with Gasteiger partial charge in [0.25, 0.3) is 5.91 Å². The number of nitrogens with one attached hydrogen (secondary N) is 1. The highest BCUT2D eigenvalue weighted by Gasteiger charge is 2.14. The Hall–Kier alpha value is -1.98. The topological polar surface area (TPSA) is 45.7 Å². The lowest BCUT2D eigenvalue weighted by Gasteiger charge is -2.12. The van der Waals surface area contributed by atoms with Gasteiger partial charge >= 0.3 is 0 Å². The van der Waals surface area contributed by atoms with E-state index in [2.05, 4.69) is 5.32 Å². The van der Waals surface area contributed by atoms with Crippen LogP contribution in [0.25, 0.3) is 0 Å². The van der Waals surface area contributed by atoms with E-state index in [0.717, 1.165) is 12.1 Å². The average Bonchev–Trinajstić information content (AvgIpc) is 2.50. The Balaban J connectivity index is 1.90. The molecule has 2 aromatic rings. The van der Waals surface area contributed by atoms with Crippen molar-refractivity contribution in [1.29, 1.82) is 0 Å². The number of carbonyl (C=O) groups excluding carboxylic acids is 1. The Morgan fingerprint density at radius 1 is 1.23 bits per heavy atom. The summed E-state index contributed by atoms with van der Waals surface area (Å²) < 4.78 is 26.1. The molecule has 0 aliphatic carbocycles. The molecule has 0 saturated heterocycles. The molecule has 0 aliphatic heterocycles. The van der Waals surface area contributed by atoms with E-state index in [4.69, 9.17) is 11.6 Å². The van der Waals surface area contributed by atoms with E-state index in [-0.39, 0.29) is 18.5 Å². The Morgan fingerprint density at radius 2 is 1.95 bits per heavy atom. The highest BCUT2D eigenvalue weighted by atomic mass is 35.5. The van der Waals surface area contributed by atoms with Gasteiger partial charge in [-0.3, -0.25) is 4.79 Å². The smallest absolute Gasteiger partial charge is 0.279 e. The van der Waals surface area contributed by atoms with Crippen molar-refractivity contribution in [1.82, 2.24) is 0 Å². The number of amides is 1. The molecule has 6 heteroatoms. The van der Waals surface area contributed by atoms with E-state index in [0.29, 0.717) is 16.3 Å². The maximum atomic E-state index is 13.2. The number of benzene rings is 2. The van der Waals surface area contributed by atoms with Crippen LogP contribution < -0.4 is 10.6 Å². The van der Waals surface area contributed by atoms with Gasteiger partial charge in [-0.2, -0.15) is 0 Å². The van der Waals surface area contributed by atoms with Crippen LogP contribution in [-0.2, 0) is 4.79 Å². The number of anilines is 1. The molecule has 0 fully saturated rings. The van der Waals surface area contributed by atoms with Gasteiger partial charge in [-0.15, -0.1) is 0 Å². The first-order valence-corrected chi connectivity index (χ1v) is 7.18. The average molecular weight is 326 g/mol. The minimum atomic E-state index is -0.890. The minimum absolute atomic E-state index is 0.144. The van der Waals surface area contributed by atoms with Crippen LogP contribution >= 0.6 is 11.6 Å². The molecule has 0 aliphatic rings. The summed E-state index contributed by atoms with van der Waals surface area (Å²) in [5.74, 6) is -1.99. The molecule has 22 heavy (non-hydrogen) atoms. The van der Waals surface area contributed by atoms with Gasteiger partial charge in [0.15, 0.2) is 18.2 Å². The first-order chi connectivity index (χ1) is 10.5. The quantitative estimate of drug-likeness (QED) is 0.872. The summed E-state index contributed by atoms with van der Waals surface area (Å²) in [6.07, 6.45) is 0. The summed E-state index contributed by atoms with van der Waals surface area (Å²) in [4.78, 5) is 11.9. The van der Waals surface area contributed by atoms with Gasteiger partial charge in [-0.1, -0.05) is 23.7 Å². The third-order valence-electron chi connectivity index (χ3n) is 3.27. The van der Waals surface area contributed by atoms with E-state index in [9.17, 15) is 13.6 Å². The molecule has 0 heterocycles. The number of hydrogen-bond acceptors (Lipinski definition) is 1. The SMILES string of the molecule is C[C@@H]([NH2+]CC(=O)Nc1ccccc1Cl)c1ccc(F)c(F)c1. The second kappa shape index (κ2) is 7.33. The summed E-state index contributed by atoms with van der Waals surface area (Å²) in [6.45, 7) is 1.96. The number of halogens is 3. The standard InChI is InChI=1S/C16H15ClF2N2O/c1-10(11-6-7-13(18)14(19)8-11)20-9-16(22)21-15-5-3-2-4-12(15)17/h2-8,10,20H,9H2,1H3,(H,21,22)/p+1/t10-/m1/s1. The van der Waals surface area contributed by atoms with E-state index < -0.39 is 11.6 Å². The Bertz CT molecular complexity index is 679. The van der Waals surface area contributed by atoms with Crippen molar-refractivity contribution in [3.63, 3.8) is 0 Å². The summed E-state index contributed by atoms with van der Waals surface area (Å²) >= 11 is 5.96. The number of carbonyl (C=O) groups is 1. The highest BCUT2D eigenvalue weighted by molar-refractivity contribution is 6.33. The summed E-state index contributed by atoms with van der Waals surface area (Å²) in [5.41, 5.74) is 1.16. The van der Waals surface area contributed by atoms with E-state index in [1.54, 1.807) is 29.6 Å². The Kier molecular flexibility index (Phi) is 5.46. The van der Waals surface area contributed by atoms with Crippen LogP contribution in [0.15, 0.2) is 42.5 Å². The monoisotopic (exact) mass is 325 g/mol. The second-order valence-corrected chi connectivity index (χ2v) is 5.34. The first kappa shape index (κ1) is 16.4. The predicted octanol–water partition coefficient (Wildman–Crippen LogP) is 2.88. The maximum Gasteiger partial charge on any atom is 0.279 e. The molecule has 1 atom stereocenters. The predicted molar refractivity (Wildman–Crippen MR) is 81.6 cm³/mol. The van der Waals surface area contributed by atoms with Crippen LogP contribution in [0.2, 0.25) is 5.02 Å². The largest absolute Gasteiger partial charge is 0.333 e. The molecule has 116 valence electrons. The van der Waals surface area contributed by atoms with Gasteiger partial charge in [0.05, 0.1) is 10.7 Å². The van der Waals surface area contributed by atoms with Crippen molar-refractivity contribution in [2.45, 2.75) is 13.0 Å². The van der Waals surface area contributed by atoms with E-state index >= 15 is 0 Å². The molecule has 0 spiro atoms. The van der Waals surface area contributed by atoms with Crippen LogP contribution in [0.5, 0.6) is 0 Å². The van der Waals surface area contributed by atoms with Gasteiger partial charge in [-0.25, -0.2) is 8.78 Å². The maximum absolute atomic E-state index is 13.2. The lowest BCUT2D eigenvalue weighted by molar-refractivity contribution is -0.682.